The van der Waals surface area contributed by atoms with Gasteiger partial charge in [-0.15, -0.1) is 0 Å². The molecule has 1 aliphatic heterocycles. The lowest BCUT2D eigenvalue weighted by Gasteiger charge is -2.38. The Morgan fingerprint density at radius 2 is 1.64 bits per heavy atom. The molecular formula is C31H29NO4. The van der Waals surface area contributed by atoms with E-state index in [1.807, 2.05) is 84.9 Å². The van der Waals surface area contributed by atoms with Crippen molar-refractivity contribution < 1.29 is 19.1 Å². The van der Waals surface area contributed by atoms with Crippen molar-refractivity contribution in [1.29, 1.82) is 0 Å². The third-order valence-electron chi connectivity index (χ3n) is 6.72. The highest BCUT2D eigenvalue weighted by Gasteiger charge is 2.44. The van der Waals surface area contributed by atoms with Gasteiger partial charge in [0.2, 0.25) is 0 Å². The fourth-order valence-electron chi connectivity index (χ4n) is 5.03. The van der Waals surface area contributed by atoms with E-state index in [0.29, 0.717) is 29.9 Å². The second-order valence-corrected chi connectivity index (χ2v) is 9.17. The Morgan fingerprint density at radius 1 is 0.917 bits per heavy atom. The van der Waals surface area contributed by atoms with Gasteiger partial charge in [-0.3, -0.25) is 9.59 Å². The molecule has 2 atom stereocenters. The lowest BCUT2D eigenvalue weighted by Crippen LogP contribution is -2.41. The molecule has 3 aromatic carbocycles. The van der Waals surface area contributed by atoms with Crippen LogP contribution in [-0.2, 0) is 20.7 Å². The van der Waals surface area contributed by atoms with Gasteiger partial charge in [0.05, 0.1) is 6.61 Å². The van der Waals surface area contributed by atoms with E-state index in [1.165, 1.54) is 0 Å². The van der Waals surface area contributed by atoms with Crippen molar-refractivity contribution in [2.24, 2.45) is 5.92 Å². The van der Waals surface area contributed by atoms with Gasteiger partial charge < -0.3 is 14.8 Å². The molecule has 5 nitrogen and oxygen atoms in total. The molecule has 0 radical (unpaired) electrons. The third kappa shape index (κ3) is 5.10. The maximum absolute atomic E-state index is 13.5. The van der Waals surface area contributed by atoms with Crippen LogP contribution < -0.4 is 10.1 Å². The van der Waals surface area contributed by atoms with Crippen molar-refractivity contribution in [3.05, 3.63) is 120 Å². The molecule has 5 heteroatoms. The Morgan fingerprint density at radius 3 is 2.42 bits per heavy atom. The number of esters is 1. The average Bonchev–Trinajstić information content (AvgIpc) is 2.89. The number of carbonyl (C=O) groups is 2. The van der Waals surface area contributed by atoms with Crippen LogP contribution in [0.2, 0.25) is 0 Å². The number of nitrogens with one attached hydrogen (secondary N) is 1. The third-order valence-corrected chi connectivity index (χ3v) is 6.72. The number of rotatable bonds is 7. The molecule has 0 fully saturated rings. The summed E-state index contributed by atoms with van der Waals surface area (Å²) in [6.07, 6.45) is 2.64. The van der Waals surface area contributed by atoms with Gasteiger partial charge in [-0.25, -0.2) is 0 Å². The van der Waals surface area contributed by atoms with E-state index in [-0.39, 0.29) is 18.4 Å². The molecule has 182 valence electrons. The molecule has 1 N–H and O–H groups in total. The molecule has 2 aliphatic rings. The van der Waals surface area contributed by atoms with E-state index >= 15 is 0 Å². The fraction of sp³-hybridized carbons (Fsp3) is 0.226. The monoisotopic (exact) mass is 479 g/mol. The molecule has 0 amide bonds. The first kappa shape index (κ1) is 23.6. The summed E-state index contributed by atoms with van der Waals surface area (Å²) in [5.41, 5.74) is 4.02. The van der Waals surface area contributed by atoms with Crippen molar-refractivity contribution in [2.45, 2.75) is 31.6 Å². The zero-order valence-electron chi connectivity index (χ0n) is 20.1. The van der Waals surface area contributed by atoms with Crippen LogP contribution in [0.5, 0.6) is 11.5 Å². The van der Waals surface area contributed by atoms with Crippen molar-refractivity contribution in [3.8, 4) is 11.5 Å². The molecule has 3 aromatic rings. The van der Waals surface area contributed by atoms with Gasteiger partial charge in [-0.05, 0) is 48.2 Å². The summed E-state index contributed by atoms with van der Waals surface area (Å²) in [6.45, 7) is 4.44. The van der Waals surface area contributed by atoms with E-state index in [2.05, 4.69) is 11.9 Å². The zero-order valence-corrected chi connectivity index (χ0v) is 20.1. The minimum Gasteiger partial charge on any atom is -0.465 e. The second kappa shape index (κ2) is 10.6. The van der Waals surface area contributed by atoms with E-state index < -0.39 is 11.8 Å². The number of ether oxygens (including phenoxy) is 2. The van der Waals surface area contributed by atoms with Gasteiger partial charge in [0.25, 0.3) is 0 Å². The predicted octanol–water partition coefficient (Wildman–Crippen LogP) is 6.09. The zero-order chi connectivity index (χ0) is 24.9. The van der Waals surface area contributed by atoms with Crippen LogP contribution in [0.25, 0.3) is 0 Å². The normalized spacial score (nSPS) is 19.3. The lowest BCUT2D eigenvalue weighted by atomic mass is 9.71. The van der Waals surface area contributed by atoms with Gasteiger partial charge in [0.15, 0.2) is 5.78 Å². The molecule has 1 heterocycles. The highest BCUT2D eigenvalue weighted by atomic mass is 16.5. The smallest absolute Gasteiger partial charge is 0.315 e. The first-order valence-electron chi connectivity index (χ1n) is 12.4. The van der Waals surface area contributed by atoms with Crippen molar-refractivity contribution in [3.63, 3.8) is 0 Å². The van der Waals surface area contributed by atoms with Crippen molar-refractivity contribution in [2.75, 3.05) is 6.61 Å². The highest BCUT2D eigenvalue weighted by molar-refractivity contribution is 6.00. The summed E-state index contributed by atoms with van der Waals surface area (Å²) >= 11 is 0. The quantitative estimate of drug-likeness (QED) is 0.416. The van der Waals surface area contributed by atoms with Gasteiger partial charge in [-0.1, -0.05) is 67.2 Å². The largest absolute Gasteiger partial charge is 0.465 e. The number of carbonyl (C=O) groups excluding carboxylic acids is 2. The van der Waals surface area contributed by atoms with Crippen LogP contribution in [0.15, 0.2) is 108 Å². The van der Waals surface area contributed by atoms with Crippen LogP contribution in [-0.4, -0.2) is 18.4 Å². The number of hydrogen-bond donors (Lipinski definition) is 1. The Hall–Kier alpha value is -4.12. The Balaban J connectivity index is 1.45. The number of Topliss-reactive ketones (excluding diaryl/α,β-unsaturated/α-hetero) is 1. The number of benzene rings is 3. The molecule has 5 rings (SSSR count). The van der Waals surface area contributed by atoms with Gasteiger partial charge in [-0.2, -0.15) is 0 Å². The topological polar surface area (TPSA) is 64.6 Å². The Bertz CT molecular complexity index is 1300. The summed E-state index contributed by atoms with van der Waals surface area (Å²) in [5, 5.41) is 3.27. The molecular weight excluding hydrogens is 450 g/mol. The van der Waals surface area contributed by atoms with E-state index in [9.17, 15) is 9.59 Å². The minimum absolute atomic E-state index is 0.0673. The summed E-state index contributed by atoms with van der Waals surface area (Å²) < 4.78 is 11.8. The summed E-state index contributed by atoms with van der Waals surface area (Å²) in [6, 6.07) is 27.0. The number of ketones is 1. The lowest BCUT2D eigenvalue weighted by molar-refractivity contribution is -0.147. The Kier molecular flexibility index (Phi) is 6.99. The highest BCUT2D eigenvalue weighted by Crippen LogP contribution is 2.45. The molecule has 2 unspecified atom stereocenters. The summed E-state index contributed by atoms with van der Waals surface area (Å²) in [4.78, 5) is 26.6. The van der Waals surface area contributed by atoms with Gasteiger partial charge in [0, 0.05) is 35.7 Å². The molecule has 0 aromatic heterocycles. The second-order valence-electron chi connectivity index (χ2n) is 9.17. The predicted molar refractivity (Wildman–Crippen MR) is 138 cm³/mol. The van der Waals surface area contributed by atoms with Crippen molar-refractivity contribution in [1.82, 2.24) is 5.32 Å². The number of para-hydroxylation sites is 1. The van der Waals surface area contributed by atoms with Crippen LogP contribution in [0.4, 0.5) is 0 Å². The molecule has 0 saturated carbocycles. The standard InChI is InChI=1S/C31H29NO4/c1-21-28(31(34)35-19-18-22-10-4-2-5-11-22)29(30-26(32-21)16-9-17-27(30)33)23-12-8-15-25(20-23)36-24-13-6-3-7-14-24/h2-8,10-15,20,28-29,32H,1,9,16-19H2. The van der Waals surface area contributed by atoms with Gasteiger partial charge >= 0.3 is 5.97 Å². The fourth-order valence-corrected chi connectivity index (χ4v) is 5.03. The van der Waals surface area contributed by atoms with Crippen LogP contribution >= 0.6 is 0 Å². The van der Waals surface area contributed by atoms with E-state index in [4.69, 9.17) is 9.47 Å². The molecule has 36 heavy (non-hydrogen) atoms. The molecule has 0 spiro atoms. The van der Waals surface area contributed by atoms with Crippen molar-refractivity contribution >= 4 is 11.8 Å². The first-order chi connectivity index (χ1) is 17.6. The van der Waals surface area contributed by atoms with Crippen LogP contribution in [0.3, 0.4) is 0 Å². The van der Waals surface area contributed by atoms with E-state index in [0.717, 1.165) is 35.4 Å². The Labute approximate surface area is 211 Å². The van der Waals surface area contributed by atoms with Crippen LogP contribution in [0, 0.1) is 5.92 Å². The average molecular weight is 480 g/mol. The van der Waals surface area contributed by atoms with Crippen LogP contribution in [0.1, 0.15) is 36.3 Å². The number of allylic oxidation sites excluding steroid dienone is 2. The molecule has 1 aliphatic carbocycles. The maximum atomic E-state index is 13.5. The summed E-state index contributed by atoms with van der Waals surface area (Å²) in [7, 11) is 0. The van der Waals surface area contributed by atoms with Gasteiger partial charge in [0.1, 0.15) is 17.4 Å². The molecule has 0 saturated heterocycles. The molecule has 0 bridgehead atoms. The summed E-state index contributed by atoms with van der Waals surface area (Å²) in [5.74, 6) is -0.150. The SMILES string of the molecule is C=C1NC2=C(C(=O)CCC2)C(c2cccc(Oc3ccccc3)c2)C1C(=O)OCCc1ccccc1. The minimum atomic E-state index is -0.714. The maximum Gasteiger partial charge on any atom is 0.315 e. The van der Waals surface area contributed by atoms with E-state index in [1.54, 1.807) is 0 Å². The first-order valence-corrected chi connectivity index (χ1v) is 12.4. The number of hydrogen-bond acceptors (Lipinski definition) is 5.